The number of amides is 1. The van der Waals surface area contributed by atoms with Crippen molar-refractivity contribution in [3.8, 4) is 0 Å². The van der Waals surface area contributed by atoms with Crippen LogP contribution in [0.2, 0.25) is 0 Å². The summed E-state index contributed by atoms with van der Waals surface area (Å²) in [7, 11) is 0. The first-order valence-electron chi connectivity index (χ1n) is 2.20. The SMILES string of the molecule is O=C1C=CNC(S)N1. The van der Waals surface area contributed by atoms with E-state index < -0.39 is 0 Å². The van der Waals surface area contributed by atoms with Gasteiger partial charge in [-0.1, -0.05) is 0 Å². The molecule has 0 aromatic heterocycles. The molecule has 2 N–H and O–H groups in total. The van der Waals surface area contributed by atoms with Crippen LogP contribution in [-0.2, 0) is 4.79 Å². The van der Waals surface area contributed by atoms with E-state index in [0.717, 1.165) is 0 Å². The summed E-state index contributed by atoms with van der Waals surface area (Å²) in [6, 6.07) is 0. The molecule has 0 saturated carbocycles. The minimum atomic E-state index is -0.229. The third kappa shape index (κ3) is 1.16. The van der Waals surface area contributed by atoms with Crippen molar-refractivity contribution < 1.29 is 4.79 Å². The first kappa shape index (κ1) is 5.50. The Morgan fingerprint density at radius 3 is 2.88 bits per heavy atom. The quantitative estimate of drug-likeness (QED) is 0.384. The van der Waals surface area contributed by atoms with Crippen LogP contribution in [0.15, 0.2) is 12.3 Å². The molecule has 1 aliphatic heterocycles. The van der Waals surface area contributed by atoms with Crippen molar-refractivity contribution in [1.82, 2.24) is 10.6 Å². The Morgan fingerprint density at radius 1 is 1.75 bits per heavy atom. The highest BCUT2D eigenvalue weighted by atomic mass is 32.1. The molecule has 1 aliphatic rings. The molecule has 0 radical (unpaired) electrons. The van der Waals surface area contributed by atoms with Crippen LogP contribution in [0.25, 0.3) is 0 Å². The van der Waals surface area contributed by atoms with Crippen LogP contribution in [0, 0.1) is 0 Å². The van der Waals surface area contributed by atoms with Crippen molar-refractivity contribution in [2.75, 3.05) is 0 Å². The van der Waals surface area contributed by atoms with Crippen LogP contribution >= 0.6 is 12.6 Å². The van der Waals surface area contributed by atoms with Crippen LogP contribution in [0.4, 0.5) is 0 Å². The minimum absolute atomic E-state index is 0.108. The smallest absolute Gasteiger partial charge is 0.247 e. The van der Waals surface area contributed by atoms with Crippen LogP contribution in [0.5, 0.6) is 0 Å². The monoisotopic (exact) mass is 130 g/mol. The predicted molar refractivity (Wildman–Crippen MR) is 33.2 cm³/mol. The largest absolute Gasteiger partial charge is 0.363 e. The molecule has 0 bridgehead atoms. The third-order valence-electron chi connectivity index (χ3n) is 0.768. The van der Waals surface area contributed by atoms with Crippen LogP contribution < -0.4 is 10.6 Å². The van der Waals surface area contributed by atoms with Gasteiger partial charge in [0.1, 0.15) is 5.50 Å². The third-order valence-corrected chi connectivity index (χ3v) is 1.05. The van der Waals surface area contributed by atoms with E-state index in [1.807, 2.05) is 0 Å². The summed E-state index contributed by atoms with van der Waals surface area (Å²) in [5.41, 5.74) is -0.229. The van der Waals surface area contributed by atoms with Gasteiger partial charge >= 0.3 is 0 Å². The summed E-state index contributed by atoms with van der Waals surface area (Å²) in [5, 5.41) is 5.27. The average Bonchev–Trinajstić information content (AvgIpc) is 1.64. The zero-order valence-electron chi connectivity index (χ0n) is 4.09. The Balaban J connectivity index is 2.54. The molecule has 1 rings (SSSR count). The van der Waals surface area contributed by atoms with Gasteiger partial charge in [0.25, 0.3) is 0 Å². The lowest BCUT2D eigenvalue weighted by Gasteiger charge is -2.14. The molecule has 0 spiro atoms. The lowest BCUT2D eigenvalue weighted by Crippen LogP contribution is -2.41. The molecule has 4 heteroatoms. The molecule has 0 aromatic rings. The standard InChI is InChI=1S/C4H6N2OS/c7-3-1-2-5-4(8)6-3/h1-2,4-5,8H,(H,6,7). The summed E-state index contributed by atoms with van der Waals surface area (Å²) in [6.45, 7) is 0. The highest BCUT2D eigenvalue weighted by Gasteiger charge is 2.05. The Morgan fingerprint density at radius 2 is 2.50 bits per heavy atom. The number of carbonyl (C=O) groups is 1. The van der Waals surface area contributed by atoms with Gasteiger partial charge in [-0.25, -0.2) is 0 Å². The summed E-state index contributed by atoms with van der Waals surface area (Å²) >= 11 is 3.93. The molecule has 1 unspecified atom stereocenters. The summed E-state index contributed by atoms with van der Waals surface area (Å²) < 4.78 is 0. The fourth-order valence-electron chi connectivity index (χ4n) is 0.439. The van der Waals surface area contributed by atoms with Gasteiger partial charge in [-0.05, 0) is 0 Å². The van der Waals surface area contributed by atoms with Gasteiger partial charge in [0, 0.05) is 12.3 Å². The first-order chi connectivity index (χ1) is 3.79. The molecule has 0 aromatic carbocycles. The molecular formula is C4H6N2OS. The Kier molecular flexibility index (Phi) is 1.43. The summed E-state index contributed by atoms with van der Waals surface area (Å²) in [5.74, 6) is -0.108. The maximum absolute atomic E-state index is 10.4. The molecular weight excluding hydrogens is 124 g/mol. The minimum Gasteiger partial charge on any atom is -0.363 e. The number of hydrogen-bond donors (Lipinski definition) is 3. The molecule has 0 fully saturated rings. The molecule has 1 amide bonds. The van der Waals surface area contributed by atoms with Crippen molar-refractivity contribution in [1.29, 1.82) is 0 Å². The lowest BCUT2D eigenvalue weighted by molar-refractivity contribution is -0.117. The number of hydrogen-bond acceptors (Lipinski definition) is 3. The number of carbonyl (C=O) groups excluding carboxylic acids is 1. The van der Waals surface area contributed by atoms with Crippen molar-refractivity contribution in [3.05, 3.63) is 12.3 Å². The Hall–Kier alpha value is -0.640. The first-order valence-corrected chi connectivity index (χ1v) is 2.72. The zero-order valence-corrected chi connectivity index (χ0v) is 4.98. The molecule has 1 atom stereocenters. The normalized spacial score (nSPS) is 26.6. The van der Waals surface area contributed by atoms with Gasteiger partial charge in [0.05, 0.1) is 0 Å². The number of rotatable bonds is 0. The van der Waals surface area contributed by atoms with Crippen LogP contribution in [0.1, 0.15) is 0 Å². The van der Waals surface area contributed by atoms with E-state index in [9.17, 15) is 4.79 Å². The highest BCUT2D eigenvalue weighted by Crippen LogP contribution is 1.89. The second-order valence-corrected chi connectivity index (χ2v) is 1.93. The topological polar surface area (TPSA) is 41.1 Å². The summed E-state index contributed by atoms with van der Waals surface area (Å²) in [4.78, 5) is 10.4. The van der Waals surface area contributed by atoms with Crippen molar-refractivity contribution in [2.24, 2.45) is 0 Å². The fourth-order valence-corrected chi connectivity index (χ4v) is 0.653. The molecule has 0 saturated heterocycles. The highest BCUT2D eigenvalue weighted by molar-refractivity contribution is 7.80. The molecule has 1 heterocycles. The number of nitrogens with one attached hydrogen (secondary N) is 2. The Bertz CT molecular complexity index is 134. The van der Waals surface area contributed by atoms with E-state index in [-0.39, 0.29) is 11.4 Å². The summed E-state index contributed by atoms with van der Waals surface area (Å²) in [6.07, 6.45) is 2.98. The van der Waals surface area contributed by atoms with E-state index in [1.54, 1.807) is 6.20 Å². The maximum atomic E-state index is 10.4. The van der Waals surface area contributed by atoms with E-state index in [4.69, 9.17) is 0 Å². The van der Waals surface area contributed by atoms with E-state index in [2.05, 4.69) is 23.3 Å². The van der Waals surface area contributed by atoms with Crippen LogP contribution in [0.3, 0.4) is 0 Å². The average molecular weight is 130 g/mol. The van der Waals surface area contributed by atoms with Gasteiger partial charge in [-0.15, -0.1) is 12.6 Å². The van der Waals surface area contributed by atoms with Gasteiger partial charge in [-0.2, -0.15) is 0 Å². The Labute approximate surface area is 52.6 Å². The second kappa shape index (κ2) is 2.09. The van der Waals surface area contributed by atoms with E-state index >= 15 is 0 Å². The van der Waals surface area contributed by atoms with Crippen molar-refractivity contribution in [2.45, 2.75) is 5.50 Å². The van der Waals surface area contributed by atoms with E-state index in [0.29, 0.717) is 0 Å². The fraction of sp³-hybridized carbons (Fsp3) is 0.250. The van der Waals surface area contributed by atoms with Gasteiger partial charge in [0.15, 0.2) is 0 Å². The molecule has 0 aliphatic carbocycles. The van der Waals surface area contributed by atoms with Gasteiger partial charge < -0.3 is 10.6 Å². The van der Waals surface area contributed by atoms with Gasteiger partial charge in [0.2, 0.25) is 5.91 Å². The molecule has 8 heavy (non-hydrogen) atoms. The number of thiol groups is 1. The van der Waals surface area contributed by atoms with Crippen molar-refractivity contribution >= 4 is 18.5 Å². The van der Waals surface area contributed by atoms with Crippen molar-refractivity contribution in [3.63, 3.8) is 0 Å². The maximum Gasteiger partial charge on any atom is 0.247 e. The zero-order chi connectivity index (χ0) is 5.98. The lowest BCUT2D eigenvalue weighted by atomic mass is 10.5. The van der Waals surface area contributed by atoms with Crippen LogP contribution in [-0.4, -0.2) is 11.4 Å². The molecule has 3 nitrogen and oxygen atoms in total. The van der Waals surface area contributed by atoms with Gasteiger partial charge in [-0.3, -0.25) is 4.79 Å². The second-order valence-electron chi connectivity index (χ2n) is 1.41. The predicted octanol–water partition coefficient (Wildman–Crippen LogP) is -0.567. The van der Waals surface area contributed by atoms with E-state index in [1.165, 1.54) is 6.08 Å². The molecule has 44 valence electrons.